The van der Waals surface area contributed by atoms with Crippen LogP contribution in [0.1, 0.15) is 56.3 Å². The number of carboxylic acids is 1. The minimum absolute atomic E-state index is 0.0359. The normalized spacial score (nSPS) is 13.8. The van der Waals surface area contributed by atoms with Crippen LogP contribution in [-0.4, -0.2) is 32.4 Å². The van der Waals surface area contributed by atoms with Crippen molar-refractivity contribution in [3.05, 3.63) is 53.2 Å². The fourth-order valence-corrected chi connectivity index (χ4v) is 3.54. The summed E-state index contributed by atoms with van der Waals surface area (Å²) in [5, 5.41) is 28.5. The van der Waals surface area contributed by atoms with E-state index in [0.717, 1.165) is 24.0 Å². The first-order valence-electron chi connectivity index (χ1n) is 9.97. The van der Waals surface area contributed by atoms with Gasteiger partial charge >= 0.3 is 5.97 Å². The second kappa shape index (κ2) is 10.9. The van der Waals surface area contributed by atoms with Crippen LogP contribution in [0.2, 0.25) is 5.02 Å². The number of aliphatic hydroxyl groups excluding tert-OH is 1. The van der Waals surface area contributed by atoms with Crippen LogP contribution >= 0.6 is 11.6 Å². The Morgan fingerprint density at radius 1 is 1.07 bits per heavy atom. The number of aliphatic hydroxyl groups is 1. The minimum Gasteiger partial charge on any atom is -0.508 e. The van der Waals surface area contributed by atoms with Crippen LogP contribution < -0.4 is 0 Å². The maximum atomic E-state index is 11.2. The summed E-state index contributed by atoms with van der Waals surface area (Å²) in [6, 6.07) is 10.0. The Labute approximate surface area is 176 Å². The highest BCUT2D eigenvalue weighted by Gasteiger charge is 2.14. The van der Waals surface area contributed by atoms with Gasteiger partial charge in [-0.15, -0.1) is 0 Å². The lowest BCUT2D eigenvalue weighted by molar-refractivity contribution is 0.0699. The highest BCUT2D eigenvalue weighted by molar-refractivity contribution is 6.34. The van der Waals surface area contributed by atoms with Gasteiger partial charge in [-0.25, -0.2) is 4.79 Å². The van der Waals surface area contributed by atoms with E-state index in [2.05, 4.69) is 4.98 Å². The van der Waals surface area contributed by atoms with Crippen molar-refractivity contribution in [1.82, 2.24) is 4.98 Å². The average Bonchev–Trinajstić information content (AvgIpc) is 3.14. The summed E-state index contributed by atoms with van der Waals surface area (Å²) < 4.78 is 0. The smallest absolute Gasteiger partial charge is 0.337 e. The average molecular weight is 418 g/mol. The molecule has 0 amide bonds. The van der Waals surface area contributed by atoms with E-state index in [1.54, 1.807) is 36.4 Å². The first-order chi connectivity index (χ1) is 14.0. The van der Waals surface area contributed by atoms with Crippen molar-refractivity contribution in [3.8, 4) is 16.9 Å². The lowest BCUT2D eigenvalue weighted by Crippen LogP contribution is -2.09. The Morgan fingerprint density at radius 3 is 2.21 bits per heavy atom. The number of aromatic carboxylic acids is 1. The van der Waals surface area contributed by atoms with Gasteiger partial charge in [0.2, 0.25) is 0 Å². The largest absolute Gasteiger partial charge is 0.508 e. The van der Waals surface area contributed by atoms with Gasteiger partial charge in [-0.05, 0) is 42.7 Å². The Hall–Kier alpha value is -2.50. The van der Waals surface area contributed by atoms with E-state index >= 15 is 0 Å². The van der Waals surface area contributed by atoms with E-state index in [4.69, 9.17) is 21.8 Å². The molecule has 1 aromatic heterocycles. The van der Waals surface area contributed by atoms with E-state index in [-0.39, 0.29) is 17.4 Å². The predicted molar refractivity (Wildman–Crippen MR) is 118 cm³/mol. The molecule has 0 radical (unpaired) electrons. The molecule has 4 rings (SSSR count). The van der Waals surface area contributed by atoms with Crippen molar-refractivity contribution in [2.75, 3.05) is 0 Å². The van der Waals surface area contributed by atoms with Gasteiger partial charge in [0, 0.05) is 22.7 Å². The summed E-state index contributed by atoms with van der Waals surface area (Å²) in [6.07, 6.45) is 7.37. The number of halogens is 1. The third-order valence-corrected chi connectivity index (χ3v) is 5.07. The van der Waals surface area contributed by atoms with Gasteiger partial charge in [-0.3, -0.25) is 0 Å². The predicted octanol–water partition coefficient (Wildman–Crippen LogP) is 6.23. The molecular weight excluding hydrogens is 390 g/mol. The summed E-state index contributed by atoms with van der Waals surface area (Å²) in [7, 11) is 0. The van der Waals surface area contributed by atoms with Crippen LogP contribution in [0.4, 0.5) is 0 Å². The molecule has 3 aromatic rings. The Balaban J connectivity index is 0.000000280. The number of phenolic OH excluding ortho intramolecular Hbond substituents is 1. The SMILES string of the molecule is CC.O=C(O)c1c[nH]c2cc(Cl)c(-c3ccc(O)cc3)cc12.OC1CCCCC1. The van der Waals surface area contributed by atoms with Crippen molar-refractivity contribution in [1.29, 1.82) is 0 Å². The number of hydrogen-bond donors (Lipinski definition) is 4. The number of aromatic nitrogens is 1. The molecule has 1 saturated carbocycles. The summed E-state index contributed by atoms with van der Waals surface area (Å²) in [6.45, 7) is 4.00. The molecule has 1 aliphatic carbocycles. The van der Waals surface area contributed by atoms with Crippen LogP contribution in [-0.2, 0) is 0 Å². The number of carbonyl (C=O) groups is 1. The number of phenols is 1. The fourth-order valence-electron chi connectivity index (χ4n) is 3.26. The summed E-state index contributed by atoms with van der Waals surface area (Å²) >= 11 is 6.24. The molecule has 0 spiro atoms. The van der Waals surface area contributed by atoms with Gasteiger partial charge < -0.3 is 20.3 Å². The Morgan fingerprint density at radius 2 is 1.69 bits per heavy atom. The van der Waals surface area contributed by atoms with E-state index in [0.29, 0.717) is 15.9 Å². The second-order valence-electron chi connectivity index (χ2n) is 6.72. The number of fused-ring (bicyclic) bond motifs is 1. The molecule has 0 atom stereocenters. The topological polar surface area (TPSA) is 93.5 Å². The molecule has 156 valence electrons. The second-order valence-corrected chi connectivity index (χ2v) is 7.13. The lowest BCUT2D eigenvalue weighted by Gasteiger charge is -2.14. The molecule has 29 heavy (non-hydrogen) atoms. The number of nitrogens with one attached hydrogen (secondary N) is 1. The van der Waals surface area contributed by atoms with Crippen molar-refractivity contribution < 1.29 is 20.1 Å². The van der Waals surface area contributed by atoms with E-state index in [9.17, 15) is 9.90 Å². The molecule has 1 aliphatic rings. The monoisotopic (exact) mass is 417 g/mol. The number of aromatic amines is 1. The van der Waals surface area contributed by atoms with Crippen molar-refractivity contribution in [3.63, 3.8) is 0 Å². The quantitative estimate of drug-likeness (QED) is 0.397. The van der Waals surface area contributed by atoms with Gasteiger partial charge in [-0.1, -0.05) is 56.8 Å². The number of rotatable bonds is 2. The van der Waals surface area contributed by atoms with Crippen LogP contribution in [0.3, 0.4) is 0 Å². The zero-order valence-corrected chi connectivity index (χ0v) is 17.5. The molecule has 0 unspecified atom stereocenters. The molecule has 5 nitrogen and oxygen atoms in total. The first-order valence-corrected chi connectivity index (χ1v) is 10.3. The van der Waals surface area contributed by atoms with E-state index < -0.39 is 5.97 Å². The van der Waals surface area contributed by atoms with Crippen molar-refractivity contribution in [2.24, 2.45) is 0 Å². The molecule has 0 bridgehead atoms. The third kappa shape index (κ3) is 5.99. The molecule has 4 N–H and O–H groups in total. The maximum absolute atomic E-state index is 11.2. The standard InChI is InChI=1S/C15H10ClNO3.C6H12O.C2H6/c16-13-6-14-11(12(7-17-14)15(19)20)5-10(13)8-1-3-9(18)4-2-8;7-6-4-2-1-3-5-6;1-2/h1-7,17-18H,(H,19,20);6-7H,1-5H2;1-2H3. The summed E-state index contributed by atoms with van der Waals surface area (Å²) in [5.74, 6) is -0.825. The third-order valence-electron chi connectivity index (χ3n) is 4.75. The number of hydrogen-bond acceptors (Lipinski definition) is 3. The van der Waals surface area contributed by atoms with Gasteiger partial charge in [0.05, 0.1) is 16.7 Å². The zero-order chi connectivity index (χ0) is 21.4. The van der Waals surface area contributed by atoms with Gasteiger partial charge in [0.1, 0.15) is 5.75 Å². The van der Waals surface area contributed by atoms with Crippen LogP contribution in [0.5, 0.6) is 5.75 Å². The first kappa shape index (κ1) is 22.8. The molecule has 0 saturated heterocycles. The van der Waals surface area contributed by atoms with Gasteiger partial charge in [0.25, 0.3) is 0 Å². The number of aromatic hydroxyl groups is 1. The lowest BCUT2D eigenvalue weighted by atomic mass is 9.98. The van der Waals surface area contributed by atoms with Crippen LogP contribution in [0, 0.1) is 0 Å². The van der Waals surface area contributed by atoms with E-state index in [1.165, 1.54) is 25.5 Å². The molecular formula is C23H28ClNO4. The Bertz CT molecular complexity index is 928. The van der Waals surface area contributed by atoms with Crippen LogP contribution in [0.25, 0.3) is 22.0 Å². The number of benzene rings is 2. The summed E-state index contributed by atoms with van der Waals surface area (Å²) in [5.41, 5.74) is 2.42. The highest BCUT2D eigenvalue weighted by atomic mass is 35.5. The van der Waals surface area contributed by atoms with Crippen molar-refractivity contribution >= 4 is 28.5 Å². The van der Waals surface area contributed by atoms with E-state index in [1.807, 2.05) is 13.8 Å². The number of carboxylic acid groups (broad SMARTS) is 1. The maximum Gasteiger partial charge on any atom is 0.337 e. The summed E-state index contributed by atoms with van der Waals surface area (Å²) in [4.78, 5) is 14.1. The zero-order valence-electron chi connectivity index (χ0n) is 16.8. The molecule has 1 fully saturated rings. The minimum atomic E-state index is -0.991. The van der Waals surface area contributed by atoms with Gasteiger partial charge in [-0.2, -0.15) is 0 Å². The molecule has 1 heterocycles. The van der Waals surface area contributed by atoms with Crippen LogP contribution in [0.15, 0.2) is 42.6 Å². The number of H-pyrrole nitrogens is 1. The molecule has 6 heteroatoms. The highest BCUT2D eigenvalue weighted by Crippen LogP contribution is 2.34. The van der Waals surface area contributed by atoms with Crippen molar-refractivity contribution in [2.45, 2.75) is 52.1 Å². The molecule has 0 aliphatic heterocycles. The fraction of sp³-hybridized carbons (Fsp3) is 0.348. The Kier molecular flexibility index (Phi) is 8.55. The molecule has 2 aromatic carbocycles. The van der Waals surface area contributed by atoms with Gasteiger partial charge in [0.15, 0.2) is 0 Å².